The maximum absolute atomic E-state index is 13.2. The highest BCUT2D eigenvalue weighted by Gasteiger charge is 2.30. The second kappa shape index (κ2) is 10.5. The lowest BCUT2D eigenvalue weighted by Gasteiger charge is -2.37. The molecule has 1 fully saturated rings. The molecule has 0 aromatic heterocycles. The Morgan fingerprint density at radius 1 is 1.18 bits per heavy atom. The number of rotatable bonds is 5. The summed E-state index contributed by atoms with van der Waals surface area (Å²) in [6.45, 7) is 3.47. The zero-order valence-corrected chi connectivity index (χ0v) is 17.3. The van der Waals surface area contributed by atoms with Crippen molar-refractivity contribution in [2.24, 2.45) is 0 Å². The largest absolute Gasteiger partial charge is 0.349 e. The molecule has 0 saturated carbocycles. The molecule has 1 saturated heterocycles. The quantitative estimate of drug-likeness (QED) is 0.776. The lowest BCUT2D eigenvalue weighted by atomic mass is 9.99. The van der Waals surface area contributed by atoms with Crippen LogP contribution in [0.4, 0.5) is 0 Å². The summed E-state index contributed by atoms with van der Waals surface area (Å²) in [6.07, 6.45) is 0.213. The summed E-state index contributed by atoms with van der Waals surface area (Å²) in [6, 6.07) is 16.7. The van der Waals surface area contributed by atoms with Gasteiger partial charge in [-0.15, -0.1) is 12.4 Å². The highest BCUT2D eigenvalue weighted by Crippen LogP contribution is 2.30. The lowest BCUT2D eigenvalue weighted by molar-refractivity contribution is -0.135. The molecular weight excluding hydrogens is 397 g/mol. The highest BCUT2D eigenvalue weighted by molar-refractivity contribution is 6.31. The van der Waals surface area contributed by atoms with Crippen LogP contribution in [-0.2, 0) is 9.59 Å². The predicted octanol–water partition coefficient (Wildman–Crippen LogP) is 3.50. The molecule has 5 nitrogen and oxygen atoms in total. The molecule has 3 rings (SSSR count). The molecule has 1 aliphatic rings. The van der Waals surface area contributed by atoms with Crippen LogP contribution in [0.3, 0.4) is 0 Å². The van der Waals surface area contributed by atoms with E-state index >= 15 is 0 Å². The standard InChI is InChI=1S/C21H24ClN3O2.ClH/c1-15(26)24-19(16-7-3-2-4-8-16)13-21(27)25-12-11-23-14-20(25)17-9-5-6-10-18(17)22;/h2-10,19-20,23H,11-14H2,1H3,(H,24,26);1H. The minimum Gasteiger partial charge on any atom is -0.349 e. The monoisotopic (exact) mass is 421 g/mol. The number of hydrogen-bond donors (Lipinski definition) is 2. The van der Waals surface area contributed by atoms with Crippen molar-refractivity contribution in [2.75, 3.05) is 19.6 Å². The van der Waals surface area contributed by atoms with Gasteiger partial charge in [0.2, 0.25) is 11.8 Å². The zero-order valence-electron chi connectivity index (χ0n) is 15.7. The molecule has 2 amide bonds. The first-order valence-corrected chi connectivity index (χ1v) is 9.50. The van der Waals surface area contributed by atoms with E-state index in [1.54, 1.807) is 0 Å². The number of amides is 2. The van der Waals surface area contributed by atoms with E-state index in [1.807, 2.05) is 59.5 Å². The van der Waals surface area contributed by atoms with E-state index in [9.17, 15) is 9.59 Å². The second-order valence-corrected chi connectivity index (χ2v) is 7.10. The Labute approximate surface area is 176 Å². The van der Waals surface area contributed by atoms with E-state index < -0.39 is 0 Å². The number of carbonyl (C=O) groups is 2. The van der Waals surface area contributed by atoms with Crippen molar-refractivity contribution in [3.63, 3.8) is 0 Å². The number of nitrogens with one attached hydrogen (secondary N) is 2. The number of benzene rings is 2. The normalized spacial score (nSPS) is 17.4. The van der Waals surface area contributed by atoms with Gasteiger partial charge >= 0.3 is 0 Å². The summed E-state index contributed by atoms with van der Waals surface area (Å²) in [7, 11) is 0. The fourth-order valence-electron chi connectivity index (χ4n) is 3.50. The van der Waals surface area contributed by atoms with Crippen molar-refractivity contribution >= 4 is 35.8 Å². The van der Waals surface area contributed by atoms with Crippen molar-refractivity contribution < 1.29 is 9.59 Å². The molecule has 0 bridgehead atoms. The molecule has 2 unspecified atom stereocenters. The second-order valence-electron chi connectivity index (χ2n) is 6.70. The van der Waals surface area contributed by atoms with E-state index in [1.165, 1.54) is 6.92 Å². The van der Waals surface area contributed by atoms with Crippen LogP contribution in [0.5, 0.6) is 0 Å². The fraction of sp³-hybridized carbons (Fsp3) is 0.333. The van der Waals surface area contributed by atoms with Gasteiger partial charge in [-0.1, -0.05) is 60.1 Å². The summed E-state index contributed by atoms with van der Waals surface area (Å²) >= 11 is 6.38. The van der Waals surface area contributed by atoms with Crippen LogP contribution in [0.2, 0.25) is 5.02 Å². The first-order chi connectivity index (χ1) is 13.1. The number of piperazine rings is 1. The van der Waals surface area contributed by atoms with Gasteiger partial charge in [0.15, 0.2) is 0 Å². The first kappa shape index (κ1) is 22.2. The van der Waals surface area contributed by atoms with Crippen molar-refractivity contribution in [3.05, 3.63) is 70.7 Å². The maximum Gasteiger partial charge on any atom is 0.225 e. The molecule has 1 aliphatic heterocycles. The van der Waals surface area contributed by atoms with Crippen LogP contribution < -0.4 is 10.6 Å². The minimum atomic E-state index is -0.349. The van der Waals surface area contributed by atoms with Crippen LogP contribution in [-0.4, -0.2) is 36.3 Å². The third-order valence-electron chi connectivity index (χ3n) is 4.79. The zero-order chi connectivity index (χ0) is 19.2. The summed E-state index contributed by atoms with van der Waals surface area (Å²) in [5.74, 6) is -0.149. The Morgan fingerprint density at radius 2 is 1.86 bits per heavy atom. The Morgan fingerprint density at radius 3 is 2.54 bits per heavy atom. The van der Waals surface area contributed by atoms with Gasteiger partial charge in [-0.2, -0.15) is 0 Å². The first-order valence-electron chi connectivity index (χ1n) is 9.13. The Hall–Kier alpha value is -2.08. The number of nitrogens with zero attached hydrogens (tertiary/aromatic N) is 1. The minimum absolute atomic E-state index is 0. The molecule has 0 aliphatic carbocycles. The van der Waals surface area contributed by atoms with E-state index in [2.05, 4.69) is 10.6 Å². The van der Waals surface area contributed by atoms with Gasteiger partial charge in [-0.05, 0) is 17.2 Å². The maximum atomic E-state index is 13.2. The van der Waals surface area contributed by atoms with Crippen LogP contribution in [0.15, 0.2) is 54.6 Å². The van der Waals surface area contributed by atoms with Crippen molar-refractivity contribution in [2.45, 2.75) is 25.4 Å². The van der Waals surface area contributed by atoms with Crippen LogP contribution in [0.1, 0.15) is 36.6 Å². The van der Waals surface area contributed by atoms with Gasteiger partial charge in [-0.25, -0.2) is 0 Å². The molecule has 0 radical (unpaired) electrons. The third kappa shape index (κ3) is 5.47. The summed E-state index contributed by atoms with van der Waals surface area (Å²) in [5, 5.41) is 6.90. The van der Waals surface area contributed by atoms with Crippen LogP contribution in [0, 0.1) is 0 Å². The molecule has 2 atom stereocenters. The molecule has 28 heavy (non-hydrogen) atoms. The van der Waals surface area contributed by atoms with E-state index in [0.29, 0.717) is 18.1 Å². The fourth-order valence-corrected chi connectivity index (χ4v) is 3.76. The average Bonchev–Trinajstić information content (AvgIpc) is 2.68. The average molecular weight is 422 g/mol. The number of hydrogen-bond acceptors (Lipinski definition) is 3. The van der Waals surface area contributed by atoms with Crippen LogP contribution >= 0.6 is 24.0 Å². The smallest absolute Gasteiger partial charge is 0.225 e. The van der Waals surface area contributed by atoms with E-state index in [-0.39, 0.29) is 42.7 Å². The van der Waals surface area contributed by atoms with Gasteiger partial charge in [0.25, 0.3) is 0 Å². The Kier molecular flexibility index (Phi) is 8.30. The van der Waals surface area contributed by atoms with Gasteiger partial charge in [0.1, 0.15) is 0 Å². The summed E-state index contributed by atoms with van der Waals surface area (Å²) in [4.78, 5) is 26.7. The summed E-state index contributed by atoms with van der Waals surface area (Å²) in [5.41, 5.74) is 1.86. The third-order valence-corrected chi connectivity index (χ3v) is 5.13. The Balaban J connectivity index is 0.00000280. The molecule has 2 N–H and O–H groups in total. The van der Waals surface area contributed by atoms with Gasteiger partial charge < -0.3 is 15.5 Å². The topological polar surface area (TPSA) is 61.4 Å². The SMILES string of the molecule is CC(=O)NC(CC(=O)N1CCNCC1c1ccccc1Cl)c1ccccc1.Cl. The van der Waals surface area contributed by atoms with Crippen molar-refractivity contribution in [3.8, 4) is 0 Å². The number of carbonyl (C=O) groups excluding carboxylic acids is 2. The number of halogens is 2. The summed E-state index contributed by atoms with van der Waals surface area (Å²) < 4.78 is 0. The Bertz CT molecular complexity index is 801. The van der Waals surface area contributed by atoms with E-state index in [4.69, 9.17) is 11.6 Å². The highest BCUT2D eigenvalue weighted by atomic mass is 35.5. The molecule has 150 valence electrons. The van der Waals surface area contributed by atoms with Crippen LogP contribution in [0.25, 0.3) is 0 Å². The molecule has 0 spiro atoms. The van der Waals surface area contributed by atoms with Crippen molar-refractivity contribution in [1.82, 2.24) is 15.5 Å². The molecular formula is C21H25Cl2N3O2. The van der Waals surface area contributed by atoms with Gasteiger partial charge in [0.05, 0.1) is 18.5 Å². The predicted molar refractivity (Wildman–Crippen MR) is 114 cm³/mol. The molecule has 1 heterocycles. The molecule has 2 aromatic carbocycles. The lowest BCUT2D eigenvalue weighted by Crippen LogP contribution is -2.49. The van der Waals surface area contributed by atoms with E-state index in [0.717, 1.165) is 17.7 Å². The van der Waals surface area contributed by atoms with Gasteiger partial charge in [-0.3, -0.25) is 9.59 Å². The molecule has 2 aromatic rings. The molecule has 7 heteroatoms. The van der Waals surface area contributed by atoms with Gasteiger partial charge in [0, 0.05) is 31.6 Å². The van der Waals surface area contributed by atoms with Crippen molar-refractivity contribution in [1.29, 1.82) is 0 Å².